The van der Waals surface area contributed by atoms with Gasteiger partial charge in [-0.25, -0.2) is 9.18 Å². The number of amides is 1. The second-order valence-electron chi connectivity index (χ2n) is 5.41. The maximum absolute atomic E-state index is 13.5. The highest BCUT2D eigenvalue weighted by Gasteiger charge is 2.20. The molecule has 0 saturated carbocycles. The third-order valence-corrected chi connectivity index (χ3v) is 4.00. The Labute approximate surface area is 144 Å². The van der Waals surface area contributed by atoms with E-state index in [9.17, 15) is 14.0 Å². The number of anilines is 1. The van der Waals surface area contributed by atoms with E-state index < -0.39 is 23.8 Å². The maximum Gasteiger partial charge on any atom is 0.339 e. The molecule has 1 N–H and O–H groups in total. The highest BCUT2D eigenvalue weighted by Crippen LogP contribution is 2.23. The lowest BCUT2D eigenvalue weighted by Gasteiger charge is -2.15. The molecule has 24 heavy (non-hydrogen) atoms. The smallest absolute Gasteiger partial charge is 0.339 e. The molecular formula is C18H17ClFNO3. The van der Waals surface area contributed by atoms with Crippen molar-refractivity contribution in [2.75, 3.05) is 5.32 Å². The van der Waals surface area contributed by atoms with Gasteiger partial charge in [-0.15, -0.1) is 0 Å². The van der Waals surface area contributed by atoms with E-state index in [1.165, 1.54) is 19.1 Å². The lowest BCUT2D eigenvalue weighted by atomic mass is 10.1. The van der Waals surface area contributed by atoms with Crippen molar-refractivity contribution in [2.45, 2.75) is 26.9 Å². The number of carbonyl (C=O) groups is 2. The first kappa shape index (κ1) is 17.9. The second-order valence-corrected chi connectivity index (χ2v) is 5.82. The first-order chi connectivity index (χ1) is 11.3. The number of hydrogen-bond acceptors (Lipinski definition) is 3. The van der Waals surface area contributed by atoms with E-state index in [1.54, 1.807) is 32.0 Å². The molecule has 2 rings (SSSR count). The van der Waals surface area contributed by atoms with Crippen molar-refractivity contribution in [3.05, 3.63) is 63.9 Å². The van der Waals surface area contributed by atoms with Crippen molar-refractivity contribution in [3.63, 3.8) is 0 Å². The average molecular weight is 350 g/mol. The molecule has 0 aromatic heterocycles. The lowest BCUT2D eigenvalue weighted by Crippen LogP contribution is -2.30. The van der Waals surface area contributed by atoms with Crippen LogP contribution in [0.25, 0.3) is 0 Å². The number of benzene rings is 2. The molecule has 0 aliphatic rings. The SMILES string of the molecule is Cc1ccc(C(=O)O[C@H](C)C(=O)Nc2cccc(Cl)c2C)cc1F. The van der Waals surface area contributed by atoms with Gasteiger partial charge in [-0.2, -0.15) is 0 Å². The Morgan fingerprint density at radius 3 is 2.58 bits per heavy atom. The fraction of sp³-hybridized carbons (Fsp3) is 0.222. The molecule has 0 spiro atoms. The first-order valence-corrected chi connectivity index (χ1v) is 7.70. The standard InChI is InChI=1S/C18H17ClFNO3/c1-10-7-8-13(9-15(10)20)18(23)24-12(3)17(22)21-16-6-4-5-14(19)11(16)2/h4-9,12H,1-3H3,(H,21,22)/t12-/m1/s1. The van der Waals surface area contributed by atoms with Crippen LogP contribution in [0, 0.1) is 19.7 Å². The van der Waals surface area contributed by atoms with Crippen LogP contribution in [0.15, 0.2) is 36.4 Å². The summed E-state index contributed by atoms with van der Waals surface area (Å²) in [6.45, 7) is 4.80. The highest BCUT2D eigenvalue weighted by molar-refractivity contribution is 6.31. The molecule has 1 amide bonds. The van der Waals surface area contributed by atoms with Crippen molar-refractivity contribution in [3.8, 4) is 0 Å². The van der Waals surface area contributed by atoms with Crippen LogP contribution in [0.4, 0.5) is 10.1 Å². The number of esters is 1. The van der Waals surface area contributed by atoms with Gasteiger partial charge < -0.3 is 10.1 Å². The summed E-state index contributed by atoms with van der Waals surface area (Å²) >= 11 is 6.00. The van der Waals surface area contributed by atoms with Crippen LogP contribution in [0.3, 0.4) is 0 Å². The number of nitrogens with one attached hydrogen (secondary N) is 1. The number of hydrogen-bond donors (Lipinski definition) is 1. The summed E-state index contributed by atoms with van der Waals surface area (Å²) in [5.74, 6) is -1.77. The summed E-state index contributed by atoms with van der Waals surface area (Å²) in [6, 6.07) is 9.13. The fourth-order valence-corrected chi connectivity index (χ4v) is 2.15. The van der Waals surface area contributed by atoms with Crippen LogP contribution in [-0.2, 0) is 9.53 Å². The zero-order chi connectivity index (χ0) is 17.9. The van der Waals surface area contributed by atoms with Gasteiger partial charge in [0, 0.05) is 10.7 Å². The van der Waals surface area contributed by atoms with Crippen molar-refractivity contribution >= 4 is 29.2 Å². The Morgan fingerprint density at radius 2 is 1.92 bits per heavy atom. The Bertz CT molecular complexity index is 792. The first-order valence-electron chi connectivity index (χ1n) is 7.32. The van der Waals surface area contributed by atoms with E-state index in [4.69, 9.17) is 16.3 Å². The van der Waals surface area contributed by atoms with E-state index in [1.807, 2.05) is 0 Å². The van der Waals surface area contributed by atoms with Crippen LogP contribution in [0.1, 0.15) is 28.4 Å². The van der Waals surface area contributed by atoms with Gasteiger partial charge in [0.1, 0.15) is 5.82 Å². The topological polar surface area (TPSA) is 55.4 Å². The lowest BCUT2D eigenvalue weighted by molar-refractivity contribution is -0.123. The molecule has 0 aliphatic heterocycles. The Morgan fingerprint density at radius 1 is 1.21 bits per heavy atom. The molecule has 2 aromatic carbocycles. The normalized spacial score (nSPS) is 11.7. The van der Waals surface area contributed by atoms with Gasteiger partial charge in [0.25, 0.3) is 5.91 Å². The molecule has 0 unspecified atom stereocenters. The molecule has 2 aromatic rings. The van der Waals surface area contributed by atoms with Gasteiger partial charge in [0.2, 0.25) is 0 Å². The molecule has 0 bridgehead atoms. The Hall–Kier alpha value is -2.40. The van der Waals surface area contributed by atoms with Crippen LogP contribution in [0.2, 0.25) is 5.02 Å². The Kier molecular flexibility index (Phi) is 5.57. The minimum atomic E-state index is -1.04. The third-order valence-electron chi connectivity index (χ3n) is 3.59. The van der Waals surface area contributed by atoms with Crippen LogP contribution < -0.4 is 5.32 Å². The van der Waals surface area contributed by atoms with Gasteiger partial charge in [0.15, 0.2) is 6.10 Å². The molecule has 0 fully saturated rings. The molecule has 126 valence electrons. The summed E-state index contributed by atoms with van der Waals surface area (Å²) in [5, 5.41) is 3.17. The van der Waals surface area contributed by atoms with Gasteiger partial charge in [-0.3, -0.25) is 4.79 Å². The predicted octanol–water partition coefficient (Wildman–Crippen LogP) is 4.28. The van der Waals surface area contributed by atoms with Crippen molar-refractivity contribution < 1.29 is 18.7 Å². The van der Waals surface area contributed by atoms with Gasteiger partial charge in [-0.05, 0) is 56.2 Å². The van der Waals surface area contributed by atoms with E-state index in [0.29, 0.717) is 21.8 Å². The predicted molar refractivity (Wildman–Crippen MR) is 90.8 cm³/mol. The summed E-state index contributed by atoms with van der Waals surface area (Å²) in [7, 11) is 0. The number of halogens is 2. The third kappa shape index (κ3) is 4.11. The summed E-state index contributed by atoms with van der Waals surface area (Å²) in [5.41, 5.74) is 1.73. The molecule has 0 aliphatic carbocycles. The fourth-order valence-electron chi connectivity index (χ4n) is 1.98. The summed E-state index contributed by atoms with van der Waals surface area (Å²) in [4.78, 5) is 24.2. The number of ether oxygens (including phenoxy) is 1. The van der Waals surface area contributed by atoms with Gasteiger partial charge in [-0.1, -0.05) is 23.7 Å². The minimum Gasteiger partial charge on any atom is -0.449 e. The van der Waals surface area contributed by atoms with Crippen LogP contribution >= 0.6 is 11.6 Å². The van der Waals surface area contributed by atoms with Gasteiger partial charge in [0.05, 0.1) is 5.56 Å². The van der Waals surface area contributed by atoms with Crippen molar-refractivity contribution in [1.82, 2.24) is 0 Å². The zero-order valence-corrected chi connectivity index (χ0v) is 14.3. The average Bonchev–Trinajstić information content (AvgIpc) is 2.54. The molecular weight excluding hydrogens is 333 g/mol. The molecule has 0 radical (unpaired) electrons. The van der Waals surface area contributed by atoms with Crippen LogP contribution in [-0.4, -0.2) is 18.0 Å². The van der Waals surface area contributed by atoms with Crippen molar-refractivity contribution in [1.29, 1.82) is 0 Å². The number of aryl methyl sites for hydroxylation is 1. The summed E-state index contributed by atoms with van der Waals surface area (Å²) < 4.78 is 18.6. The Balaban J connectivity index is 2.04. The van der Waals surface area contributed by atoms with E-state index in [-0.39, 0.29) is 5.56 Å². The van der Waals surface area contributed by atoms with E-state index >= 15 is 0 Å². The minimum absolute atomic E-state index is 0.0525. The monoisotopic (exact) mass is 349 g/mol. The quantitative estimate of drug-likeness (QED) is 0.838. The highest BCUT2D eigenvalue weighted by atomic mass is 35.5. The second kappa shape index (κ2) is 7.45. The van der Waals surface area contributed by atoms with Crippen molar-refractivity contribution in [2.24, 2.45) is 0 Å². The molecule has 4 nitrogen and oxygen atoms in total. The van der Waals surface area contributed by atoms with Gasteiger partial charge >= 0.3 is 5.97 Å². The van der Waals surface area contributed by atoms with E-state index in [0.717, 1.165) is 6.07 Å². The maximum atomic E-state index is 13.5. The largest absolute Gasteiger partial charge is 0.449 e. The molecule has 1 atom stereocenters. The molecule has 0 saturated heterocycles. The number of carbonyl (C=O) groups excluding carboxylic acids is 2. The number of rotatable bonds is 4. The molecule has 0 heterocycles. The summed E-state index contributed by atoms with van der Waals surface area (Å²) in [6.07, 6.45) is -1.04. The molecule has 6 heteroatoms. The van der Waals surface area contributed by atoms with E-state index in [2.05, 4.69) is 5.32 Å². The van der Waals surface area contributed by atoms with Crippen LogP contribution in [0.5, 0.6) is 0 Å². The zero-order valence-electron chi connectivity index (χ0n) is 13.5.